The molecule has 0 aromatic carbocycles. The van der Waals surface area contributed by atoms with Crippen molar-refractivity contribution in [1.82, 2.24) is 9.80 Å². The van der Waals surface area contributed by atoms with Crippen molar-refractivity contribution < 1.29 is 236 Å². The standard InChI is InChI=1S/C6H10NO7S.C6H11NO7S.Co.3K/c8-4-5(9)7(3-6(10)11)1-2-15(12,13)14;8-5(9)3-7(4-6(10)11)1-2-15(12,13)14;;;;/h1-4H2,(H,10,11)(H,12,13,14);1-4H2,(H,8,9)(H,10,11)(H,12,13,14);;;;/q-1;;+3;3*+1/p-5. The molecule has 0 fully saturated rings. The fraction of sp³-hybridized carbons (Fsp3) is 0.667. The Morgan fingerprint density at radius 1 is 0.647 bits per heavy atom. The summed E-state index contributed by atoms with van der Waals surface area (Å²) >= 11 is 0. The maximum absolute atomic E-state index is 10.8. The largest absolute Gasteiger partial charge is 3.00 e. The Morgan fingerprint density at radius 2 is 0.971 bits per heavy atom. The third-order valence-electron chi connectivity index (χ3n) is 2.77. The number of carboxylic acids is 3. The van der Waals surface area contributed by atoms with Gasteiger partial charge in [-0.3, -0.25) is 9.69 Å². The predicted molar refractivity (Wildman–Crippen MR) is 82.0 cm³/mol. The molecule has 0 rings (SSSR count). The zero-order chi connectivity index (χ0) is 24.1. The van der Waals surface area contributed by atoms with E-state index >= 15 is 0 Å². The van der Waals surface area contributed by atoms with Gasteiger partial charge in [-0.2, -0.15) is 0 Å². The van der Waals surface area contributed by atoms with Gasteiger partial charge in [-0.05, 0) is 0 Å². The van der Waals surface area contributed by atoms with Crippen molar-refractivity contribution in [3.05, 3.63) is 0 Å². The Balaban J connectivity index is -0.000000103. The summed E-state index contributed by atoms with van der Waals surface area (Å²) in [6.07, 6.45) is 0. The van der Waals surface area contributed by atoms with Gasteiger partial charge in [0, 0.05) is 26.2 Å². The van der Waals surface area contributed by atoms with Crippen LogP contribution in [0.2, 0.25) is 0 Å². The SMILES string of the molecule is O=C([O-])CN(CCS(=O)(=O)[O-])C(=O)C[O-].O=C([O-])CN(CCS(=O)(=O)[O-])CC(=O)[O-].[Co+3].[K+].[K+].[K+]. The minimum absolute atomic E-state index is 0. The molecule has 34 heavy (non-hydrogen) atoms. The number of hydrogen-bond donors (Lipinski definition) is 0. The van der Waals surface area contributed by atoms with Gasteiger partial charge in [0.05, 0.1) is 56.2 Å². The summed E-state index contributed by atoms with van der Waals surface area (Å²) in [5, 5.41) is 40.5. The van der Waals surface area contributed by atoms with Crippen molar-refractivity contribution in [1.29, 1.82) is 0 Å². The fourth-order valence-corrected chi connectivity index (χ4v) is 2.51. The van der Waals surface area contributed by atoms with Crippen LogP contribution in [0.1, 0.15) is 0 Å². The van der Waals surface area contributed by atoms with Crippen LogP contribution in [0.15, 0.2) is 0 Å². The summed E-state index contributed by atoms with van der Waals surface area (Å²) in [5.74, 6) is -7.68. The number of nitrogens with zero attached hydrogens (tertiary/aromatic N) is 2. The molecule has 22 heteroatoms. The van der Waals surface area contributed by atoms with E-state index in [2.05, 4.69) is 0 Å². The molecule has 16 nitrogen and oxygen atoms in total. The first-order valence-corrected chi connectivity index (χ1v) is 10.7. The van der Waals surface area contributed by atoms with Crippen LogP contribution in [-0.4, -0.2) is 110 Å². The van der Waals surface area contributed by atoms with Gasteiger partial charge in [0.1, 0.15) is 0 Å². The van der Waals surface area contributed by atoms with Crippen molar-refractivity contribution in [2.75, 3.05) is 50.8 Å². The topological polar surface area (TPSA) is 281 Å². The number of hydrogen-bond acceptors (Lipinski definition) is 15. The molecule has 0 saturated carbocycles. The smallest absolute Gasteiger partial charge is 0.848 e. The van der Waals surface area contributed by atoms with E-state index in [9.17, 15) is 65.5 Å². The molecule has 0 aliphatic rings. The molecule has 0 aliphatic carbocycles. The zero-order valence-electron chi connectivity index (χ0n) is 18.4. The Bertz CT molecular complexity index is 812. The quantitative estimate of drug-likeness (QED) is 0.132. The zero-order valence-corrected chi connectivity index (χ0v) is 30.5. The molecule has 0 aliphatic heterocycles. The number of amides is 1. The second kappa shape index (κ2) is 26.3. The van der Waals surface area contributed by atoms with Gasteiger partial charge < -0.3 is 48.8 Å². The molecule has 0 aromatic heterocycles. The minimum atomic E-state index is -4.56. The maximum Gasteiger partial charge on any atom is 3.00 e. The molecule has 0 heterocycles. The van der Waals surface area contributed by atoms with Gasteiger partial charge in [0.2, 0.25) is 5.91 Å². The van der Waals surface area contributed by atoms with Gasteiger partial charge in [-0.25, -0.2) is 16.8 Å². The van der Waals surface area contributed by atoms with Crippen LogP contribution < -0.4 is 175 Å². The Morgan fingerprint density at radius 3 is 1.24 bits per heavy atom. The molecular formula is C12H16CoK3N2O14S2. The number of carboxylic acid groups (broad SMARTS) is 3. The van der Waals surface area contributed by atoms with Crippen LogP contribution in [-0.2, 0) is 56.2 Å². The van der Waals surface area contributed by atoms with E-state index in [0.29, 0.717) is 4.90 Å². The summed E-state index contributed by atoms with van der Waals surface area (Å²) < 4.78 is 61.2. The van der Waals surface area contributed by atoms with Gasteiger partial charge in [0.15, 0.2) is 0 Å². The van der Waals surface area contributed by atoms with Crippen molar-refractivity contribution in [2.45, 2.75) is 0 Å². The molecule has 182 valence electrons. The van der Waals surface area contributed by atoms with E-state index in [-0.39, 0.29) is 171 Å². The Kier molecular flexibility index (Phi) is 38.6. The molecule has 0 N–H and O–H groups in total. The van der Waals surface area contributed by atoms with E-state index in [1.54, 1.807) is 0 Å². The molecule has 0 unspecified atom stereocenters. The molecule has 0 atom stereocenters. The fourth-order valence-electron chi connectivity index (χ4n) is 1.58. The number of aliphatic carboxylic acids is 3. The summed E-state index contributed by atoms with van der Waals surface area (Å²) in [6, 6.07) is 0. The van der Waals surface area contributed by atoms with Gasteiger partial charge in [0.25, 0.3) is 0 Å². The van der Waals surface area contributed by atoms with Crippen molar-refractivity contribution in [3.63, 3.8) is 0 Å². The third kappa shape index (κ3) is 37.2. The minimum Gasteiger partial charge on any atom is -0.848 e. The van der Waals surface area contributed by atoms with Crippen molar-refractivity contribution in [2.24, 2.45) is 0 Å². The van der Waals surface area contributed by atoms with Crippen LogP contribution in [0.4, 0.5) is 0 Å². The van der Waals surface area contributed by atoms with E-state index in [0.717, 1.165) is 4.90 Å². The molecule has 0 radical (unpaired) electrons. The molecule has 0 bridgehead atoms. The first kappa shape index (κ1) is 49.9. The van der Waals surface area contributed by atoms with Crippen LogP contribution in [0.3, 0.4) is 0 Å². The Hall–Kier alpha value is 3.04. The average molecular weight is 653 g/mol. The first-order valence-electron chi connectivity index (χ1n) is 7.51. The summed E-state index contributed by atoms with van der Waals surface area (Å²) in [5.41, 5.74) is 0. The maximum atomic E-state index is 10.8. The monoisotopic (exact) mass is 652 g/mol. The van der Waals surface area contributed by atoms with Crippen molar-refractivity contribution >= 4 is 44.1 Å². The number of carbonyl (C=O) groups excluding carboxylic acids is 4. The van der Waals surface area contributed by atoms with Crippen LogP contribution in [0, 0.1) is 0 Å². The second-order valence-corrected chi connectivity index (χ2v) is 8.36. The van der Waals surface area contributed by atoms with Crippen LogP contribution in [0.25, 0.3) is 0 Å². The summed E-state index contributed by atoms with van der Waals surface area (Å²) in [4.78, 5) is 42.3. The van der Waals surface area contributed by atoms with Gasteiger partial charge in [-0.15, -0.1) is 0 Å². The molecule has 0 aromatic rings. The second-order valence-electron chi connectivity index (χ2n) is 5.31. The van der Waals surface area contributed by atoms with Gasteiger partial charge >= 0.3 is 171 Å². The number of rotatable bonds is 13. The molecule has 0 spiro atoms. The number of carbonyl (C=O) groups is 4. The van der Waals surface area contributed by atoms with Crippen LogP contribution >= 0.6 is 0 Å². The molecule has 0 saturated heterocycles. The Labute approximate surface area is 333 Å². The molecular weight excluding hydrogens is 636 g/mol. The predicted octanol–water partition coefficient (Wildman–Crippen LogP) is -18.2. The summed E-state index contributed by atoms with van der Waals surface area (Å²) in [6.45, 7) is -4.79. The third-order valence-corrected chi connectivity index (χ3v) is 4.14. The molecule has 1 amide bonds. The van der Waals surface area contributed by atoms with E-state index in [1.165, 1.54) is 0 Å². The average Bonchev–Trinajstić information content (AvgIpc) is 2.53. The van der Waals surface area contributed by atoms with Crippen molar-refractivity contribution in [3.8, 4) is 0 Å². The summed E-state index contributed by atoms with van der Waals surface area (Å²) in [7, 11) is -9.07. The first-order chi connectivity index (χ1) is 13.5. The van der Waals surface area contributed by atoms with Gasteiger partial charge in [-0.1, -0.05) is 6.61 Å². The normalized spacial score (nSPS) is 10.0. The van der Waals surface area contributed by atoms with E-state index in [4.69, 9.17) is 0 Å². The van der Waals surface area contributed by atoms with Crippen LogP contribution in [0.5, 0.6) is 0 Å². The van der Waals surface area contributed by atoms with E-state index < -0.39 is 94.9 Å². The van der Waals surface area contributed by atoms with E-state index in [1.807, 2.05) is 0 Å².